The Labute approximate surface area is 310 Å². The number of fused-ring (bicyclic) bond motifs is 2. The van der Waals surface area contributed by atoms with Crippen LogP contribution in [0.3, 0.4) is 0 Å². The molecule has 1 aromatic carbocycles. The van der Waals surface area contributed by atoms with Gasteiger partial charge in [0.05, 0.1) is 0 Å². The van der Waals surface area contributed by atoms with Crippen LogP contribution in [0.4, 0.5) is 0 Å². The van der Waals surface area contributed by atoms with Crippen molar-refractivity contribution in [1.29, 1.82) is 0 Å². The second-order valence-electron chi connectivity index (χ2n) is 14.4. The van der Waals surface area contributed by atoms with Gasteiger partial charge in [-0.05, 0) is 30.4 Å². The van der Waals surface area contributed by atoms with E-state index in [0.717, 1.165) is 31.2 Å². The first kappa shape index (κ1) is 43.6. The van der Waals surface area contributed by atoms with E-state index in [9.17, 15) is 49.5 Å². The summed E-state index contributed by atoms with van der Waals surface area (Å²) in [6.45, 7) is 9.24. The number of ether oxygens (including phenoxy) is 4. The number of rotatable bonds is 24. The number of aliphatic hydroxyl groups is 2. The molecule has 2 aliphatic heterocycles. The molecule has 0 aromatic heterocycles. The highest BCUT2D eigenvalue weighted by Crippen LogP contribution is 2.56. The SMILES string of the molecule is C=C(CC[C@]12O[C@H](C(=O)O)[C@@](O)(C(=O)O)[C@](C(=O)O)(O1)[C@H](OC(=O)CCCCCCCCCCCCC)[C@H]2O)[C@@H](OC(C)=O)[C@H](C)Cc1ccccc1. The van der Waals surface area contributed by atoms with E-state index in [1.54, 1.807) is 0 Å². The standard InChI is InChI=1S/C39H56O14/c1-5-6-7-8-9-10-11-12-13-14-18-21-29(41)51-32-31(42)37(52-33(34(43)44)38(49,35(45)46)39(32,53-37)36(47)48)23-22-25(2)30(50-27(4)40)26(3)24-28-19-16-15-17-20-28/h15-17,19-20,26,30-33,42,49H,2,5-14,18,21-24H2,1,3-4H3,(H,43,44)(H,45,46)(H,47,48)/t26-,30-,31-,32-,33-,37+,38-,39+/m1/s1. The number of benzene rings is 1. The van der Waals surface area contributed by atoms with Crippen LogP contribution in [0.1, 0.15) is 116 Å². The van der Waals surface area contributed by atoms with Crippen LogP contribution < -0.4 is 0 Å². The molecule has 3 rings (SSSR count). The Morgan fingerprint density at radius 1 is 0.868 bits per heavy atom. The normalized spacial score (nSPS) is 27.4. The summed E-state index contributed by atoms with van der Waals surface area (Å²) in [5, 5.41) is 53.8. The predicted octanol–water partition coefficient (Wildman–Crippen LogP) is 4.96. The van der Waals surface area contributed by atoms with E-state index in [1.165, 1.54) is 39.0 Å². The number of carbonyl (C=O) groups excluding carboxylic acids is 2. The van der Waals surface area contributed by atoms with E-state index in [1.807, 2.05) is 37.3 Å². The summed E-state index contributed by atoms with van der Waals surface area (Å²) in [5.74, 6) is -11.2. The first-order valence-electron chi connectivity index (χ1n) is 18.6. The van der Waals surface area contributed by atoms with Crippen LogP contribution in [0.15, 0.2) is 42.5 Å². The van der Waals surface area contributed by atoms with Crippen LogP contribution in [0.25, 0.3) is 0 Å². The molecular formula is C39H56O14. The van der Waals surface area contributed by atoms with E-state index in [0.29, 0.717) is 19.3 Å². The van der Waals surface area contributed by atoms with Gasteiger partial charge in [-0.2, -0.15) is 0 Å². The van der Waals surface area contributed by atoms with Crippen molar-refractivity contribution in [2.24, 2.45) is 5.92 Å². The minimum Gasteiger partial charge on any atom is -0.479 e. The molecule has 0 radical (unpaired) electrons. The lowest BCUT2D eigenvalue weighted by Crippen LogP contribution is -2.78. The molecule has 0 saturated carbocycles. The van der Waals surface area contributed by atoms with Gasteiger partial charge in [0, 0.05) is 25.7 Å². The topological polar surface area (TPSA) is 223 Å². The van der Waals surface area contributed by atoms with E-state index < -0.39 is 77.7 Å². The quantitative estimate of drug-likeness (QED) is 0.0536. The molecule has 0 aliphatic carbocycles. The Kier molecular flexibility index (Phi) is 16.0. The number of carbonyl (C=O) groups is 5. The fraction of sp³-hybridized carbons (Fsp3) is 0.667. The Morgan fingerprint density at radius 3 is 1.94 bits per heavy atom. The summed E-state index contributed by atoms with van der Waals surface area (Å²) in [6, 6.07) is 9.33. The summed E-state index contributed by atoms with van der Waals surface area (Å²) in [6.07, 6.45) is 2.13. The molecule has 14 heteroatoms. The maximum atomic E-state index is 13.1. The number of esters is 2. The summed E-state index contributed by atoms with van der Waals surface area (Å²) < 4.78 is 22.2. The number of aliphatic carboxylic acids is 3. The number of carboxylic acid groups (broad SMARTS) is 3. The van der Waals surface area contributed by atoms with Gasteiger partial charge in [0.1, 0.15) is 12.2 Å². The number of aliphatic hydroxyl groups excluding tert-OH is 1. The van der Waals surface area contributed by atoms with Crippen molar-refractivity contribution in [2.75, 3.05) is 0 Å². The third-order valence-electron chi connectivity index (χ3n) is 10.3. The average molecular weight is 749 g/mol. The highest BCUT2D eigenvalue weighted by atomic mass is 16.8. The second-order valence-corrected chi connectivity index (χ2v) is 14.4. The molecule has 2 heterocycles. The molecule has 5 N–H and O–H groups in total. The van der Waals surface area contributed by atoms with Gasteiger partial charge in [0.25, 0.3) is 0 Å². The van der Waals surface area contributed by atoms with E-state index in [2.05, 4.69) is 13.5 Å². The third kappa shape index (κ3) is 10.0. The summed E-state index contributed by atoms with van der Waals surface area (Å²) >= 11 is 0. The maximum Gasteiger partial charge on any atom is 0.344 e. The number of hydrogen-bond donors (Lipinski definition) is 5. The van der Waals surface area contributed by atoms with Crippen LogP contribution in [-0.2, 0) is 49.3 Å². The van der Waals surface area contributed by atoms with Crippen LogP contribution in [0.5, 0.6) is 0 Å². The molecular weight excluding hydrogens is 692 g/mol. The van der Waals surface area contributed by atoms with Crippen molar-refractivity contribution >= 4 is 29.8 Å². The van der Waals surface area contributed by atoms with Gasteiger partial charge in [0.2, 0.25) is 23.1 Å². The molecule has 2 aliphatic rings. The molecule has 0 amide bonds. The Bertz CT molecular complexity index is 1430. The Hall–Kier alpha value is -3.85. The monoisotopic (exact) mass is 748 g/mol. The van der Waals surface area contributed by atoms with Gasteiger partial charge >= 0.3 is 29.8 Å². The Morgan fingerprint density at radius 2 is 1.43 bits per heavy atom. The van der Waals surface area contributed by atoms with Crippen molar-refractivity contribution in [2.45, 2.75) is 158 Å². The molecule has 53 heavy (non-hydrogen) atoms. The van der Waals surface area contributed by atoms with Crippen LogP contribution in [-0.4, -0.2) is 96.8 Å². The molecule has 0 unspecified atom stereocenters. The van der Waals surface area contributed by atoms with Gasteiger partial charge in [-0.1, -0.05) is 115 Å². The molecule has 296 valence electrons. The molecule has 2 bridgehead atoms. The molecule has 2 fully saturated rings. The predicted molar refractivity (Wildman–Crippen MR) is 189 cm³/mol. The zero-order valence-electron chi connectivity index (χ0n) is 31.0. The van der Waals surface area contributed by atoms with Crippen molar-refractivity contribution in [3.63, 3.8) is 0 Å². The third-order valence-corrected chi connectivity index (χ3v) is 10.3. The summed E-state index contributed by atoms with van der Waals surface area (Å²) in [7, 11) is 0. The number of carboxylic acids is 3. The first-order chi connectivity index (χ1) is 25.1. The van der Waals surface area contributed by atoms with Crippen molar-refractivity contribution < 1.29 is 68.5 Å². The highest BCUT2D eigenvalue weighted by molar-refractivity contribution is 5.98. The van der Waals surface area contributed by atoms with Gasteiger partial charge in [-0.15, -0.1) is 0 Å². The fourth-order valence-corrected chi connectivity index (χ4v) is 7.43. The smallest absolute Gasteiger partial charge is 0.344 e. The number of unbranched alkanes of at least 4 members (excludes halogenated alkanes) is 10. The van der Waals surface area contributed by atoms with E-state index >= 15 is 0 Å². The molecule has 1 aromatic rings. The van der Waals surface area contributed by atoms with Gasteiger partial charge in [-0.25, -0.2) is 14.4 Å². The zero-order valence-corrected chi connectivity index (χ0v) is 31.0. The van der Waals surface area contributed by atoms with Gasteiger partial charge in [0.15, 0.2) is 6.10 Å². The van der Waals surface area contributed by atoms with Gasteiger partial charge in [-0.3, -0.25) is 9.59 Å². The van der Waals surface area contributed by atoms with E-state index in [4.69, 9.17) is 18.9 Å². The lowest BCUT2D eigenvalue weighted by molar-refractivity contribution is -0.374. The van der Waals surface area contributed by atoms with Crippen molar-refractivity contribution in [3.8, 4) is 0 Å². The molecule has 8 atom stereocenters. The minimum absolute atomic E-state index is 0.221. The zero-order chi connectivity index (χ0) is 39.4. The lowest BCUT2D eigenvalue weighted by atomic mass is 9.74. The number of hydrogen-bond acceptors (Lipinski definition) is 11. The lowest BCUT2D eigenvalue weighted by Gasteiger charge is -2.48. The van der Waals surface area contributed by atoms with E-state index in [-0.39, 0.29) is 24.3 Å². The Balaban J connectivity index is 1.81. The fourth-order valence-electron chi connectivity index (χ4n) is 7.43. The van der Waals surface area contributed by atoms with Crippen LogP contribution in [0, 0.1) is 5.92 Å². The maximum absolute atomic E-state index is 13.1. The molecule has 2 saturated heterocycles. The van der Waals surface area contributed by atoms with Crippen molar-refractivity contribution in [3.05, 3.63) is 48.0 Å². The highest BCUT2D eigenvalue weighted by Gasteiger charge is 2.85. The minimum atomic E-state index is -3.87. The first-order valence-corrected chi connectivity index (χ1v) is 18.6. The van der Waals surface area contributed by atoms with Gasteiger partial charge < -0.3 is 44.5 Å². The summed E-state index contributed by atoms with van der Waals surface area (Å²) in [4.78, 5) is 63.2. The largest absolute Gasteiger partial charge is 0.479 e. The van der Waals surface area contributed by atoms with Crippen LogP contribution in [0.2, 0.25) is 0 Å². The second kappa shape index (κ2) is 19.5. The van der Waals surface area contributed by atoms with Crippen molar-refractivity contribution in [1.82, 2.24) is 0 Å². The summed E-state index contributed by atoms with van der Waals surface area (Å²) in [5.41, 5.74) is -6.17. The average Bonchev–Trinajstić information content (AvgIpc) is 3.32. The van der Waals surface area contributed by atoms with Crippen LogP contribution >= 0.6 is 0 Å². The molecule has 0 spiro atoms. The molecule has 14 nitrogen and oxygen atoms in total.